The van der Waals surface area contributed by atoms with Crippen molar-refractivity contribution in [1.82, 2.24) is 9.80 Å². The van der Waals surface area contributed by atoms with Gasteiger partial charge in [0.15, 0.2) is 0 Å². The number of rotatable bonds is 5. The molecule has 0 aromatic heterocycles. The molecule has 0 radical (unpaired) electrons. The first-order valence-electron chi connectivity index (χ1n) is 9.03. The highest BCUT2D eigenvalue weighted by molar-refractivity contribution is 5.80. The van der Waals surface area contributed by atoms with Crippen LogP contribution in [0.15, 0.2) is 0 Å². The summed E-state index contributed by atoms with van der Waals surface area (Å²) in [6.45, 7) is 4.82. The van der Waals surface area contributed by atoms with Crippen LogP contribution in [-0.2, 0) is 19.1 Å². The van der Waals surface area contributed by atoms with Crippen molar-refractivity contribution < 1.29 is 24.2 Å². The molecule has 0 saturated carbocycles. The summed E-state index contributed by atoms with van der Waals surface area (Å²) in [5.41, 5.74) is -0.892. The number of hydrogen-bond acceptors (Lipinski definition) is 5. The van der Waals surface area contributed by atoms with E-state index >= 15 is 0 Å². The van der Waals surface area contributed by atoms with E-state index in [2.05, 4.69) is 0 Å². The molecule has 136 valence electrons. The molecule has 0 aromatic rings. The van der Waals surface area contributed by atoms with Gasteiger partial charge in [0, 0.05) is 58.8 Å². The maximum Gasteiger partial charge on any atom is 0.326 e. The van der Waals surface area contributed by atoms with Crippen molar-refractivity contribution in [2.24, 2.45) is 5.92 Å². The second-order valence-corrected chi connectivity index (χ2v) is 7.10. The van der Waals surface area contributed by atoms with Crippen LogP contribution < -0.4 is 0 Å². The Morgan fingerprint density at radius 2 is 1.75 bits per heavy atom. The number of amides is 1. The van der Waals surface area contributed by atoms with Gasteiger partial charge in [-0.15, -0.1) is 0 Å². The molecule has 3 heterocycles. The first-order valence-corrected chi connectivity index (χ1v) is 9.03. The van der Waals surface area contributed by atoms with Crippen LogP contribution in [0, 0.1) is 5.92 Å². The van der Waals surface area contributed by atoms with Gasteiger partial charge < -0.3 is 19.5 Å². The quantitative estimate of drug-likeness (QED) is 0.789. The zero-order valence-electron chi connectivity index (χ0n) is 14.2. The smallest absolute Gasteiger partial charge is 0.326 e. The van der Waals surface area contributed by atoms with Crippen LogP contribution in [-0.4, -0.2) is 84.9 Å². The molecule has 1 unspecified atom stereocenters. The van der Waals surface area contributed by atoms with Crippen molar-refractivity contribution >= 4 is 11.9 Å². The Balaban J connectivity index is 1.45. The summed E-state index contributed by atoms with van der Waals surface area (Å²) in [5.74, 6) is 0.00221. The molecule has 3 saturated heterocycles. The summed E-state index contributed by atoms with van der Waals surface area (Å²) in [6.07, 6.45) is 4.18. The number of carboxylic acids is 1. The Bertz CT molecular complexity index is 450. The van der Waals surface area contributed by atoms with Crippen molar-refractivity contribution in [3.63, 3.8) is 0 Å². The molecule has 1 amide bonds. The number of carboxylic acid groups (broad SMARTS) is 1. The van der Waals surface area contributed by atoms with Gasteiger partial charge in [0.1, 0.15) is 5.54 Å². The van der Waals surface area contributed by atoms with Crippen molar-refractivity contribution in [2.75, 3.05) is 52.6 Å². The average Bonchev–Trinajstić information content (AvgIpc) is 3.12. The molecule has 7 nitrogen and oxygen atoms in total. The molecule has 0 spiro atoms. The summed E-state index contributed by atoms with van der Waals surface area (Å²) < 4.78 is 10.7. The highest BCUT2D eigenvalue weighted by Crippen LogP contribution is 2.28. The fraction of sp³-hybridized carbons (Fsp3) is 0.882. The Morgan fingerprint density at radius 1 is 1.04 bits per heavy atom. The van der Waals surface area contributed by atoms with Gasteiger partial charge in [-0.2, -0.15) is 0 Å². The number of ether oxygens (including phenoxy) is 2. The summed E-state index contributed by atoms with van der Waals surface area (Å²) in [6, 6.07) is 0. The minimum atomic E-state index is -0.892. The lowest BCUT2D eigenvalue weighted by atomic mass is 9.94. The second-order valence-electron chi connectivity index (χ2n) is 7.10. The van der Waals surface area contributed by atoms with E-state index in [9.17, 15) is 14.7 Å². The topological polar surface area (TPSA) is 79.3 Å². The van der Waals surface area contributed by atoms with Gasteiger partial charge in [0.25, 0.3) is 0 Å². The first-order chi connectivity index (χ1) is 11.6. The van der Waals surface area contributed by atoms with Crippen LogP contribution in [0.1, 0.15) is 32.1 Å². The number of carbonyl (C=O) groups is 2. The van der Waals surface area contributed by atoms with Crippen LogP contribution in [0.5, 0.6) is 0 Å². The number of hydrogen-bond donors (Lipinski definition) is 1. The fourth-order valence-corrected chi connectivity index (χ4v) is 4.01. The molecule has 3 rings (SSSR count). The normalized spacial score (nSPS) is 29.8. The van der Waals surface area contributed by atoms with E-state index in [1.807, 2.05) is 9.80 Å². The monoisotopic (exact) mass is 340 g/mol. The lowest BCUT2D eigenvalue weighted by Gasteiger charge is -2.42. The highest BCUT2D eigenvalue weighted by atomic mass is 16.5. The number of nitrogens with zero attached hydrogens (tertiary/aromatic N) is 2. The van der Waals surface area contributed by atoms with Crippen molar-refractivity contribution in [1.29, 1.82) is 0 Å². The molecule has 3 aliphatic rings. The van der Waals surface area contributed by atoms with Gasteiger partial charge in [-0.3, -0.25) is 14.5 Å². The van der Waals surface area contributed by atoms with E-state index in [4.69, 9.17) is 9.47 Å². The van der Waals surface area contributed by atoms with E-state index < -0.39 is 11.5 Å². The van der Waals surface area contributed by atoms with Crippen molar-refractivity contribution in [3.8, 4) is 0 Å². The van der Waals surface area contributed by atoms with Gasteiger partial charge in [-0.25, -0.2) is 0 Å². The largest absolute Gasteiger partial charge is 0.480 e. The molecule has 1 atom stereocenters. The van der Waals surface area contributed by atoms with Crippen LogP contribution >= 0.6 is 0 Å². The van der Waals surface area contributed by atoms with Crippen molar-refractivity contribution in [2.45, 2.75) is 37.6 Å². The summed E-state index contributed by atoms with van der Waals surface area (Å²) in [4.78, 5) is 28.0. The maximum atomic E-state index is 12.4. The third kappa shape index (κ3) is 3.73. The number of piperazine rings is 1. The highest BCUT2D eigenvalue weighted by Gasteiger charge is 2.48. The predicted octanol–water partition coefficient (Wildman–Crippen LogP) is 0.581. The van der Waals surface area contributed by atoms with Gasteiger partial charge in [0.2, 0.25) is 5.91 Å². The third-order valence-electron chi connectivity index (χ3n) is 5.74. The van der Waals surface area contributed by atoms with Gasteiger partial charge in [-0.1, -0.05) is 0 Å². The minimum Gasteiger partial charge on any atom is -0.480 e. The lowest BCUT2D eigenvalue weighted by molar-refractivity contribution is -0.154. The minimum absolute atomic E-state index is 0.202. The Morgan fingerprint density at radius 3 is 2.33 bits per heavy atom. The molecule has 7 heteroatoms. The van der Waals surface area contributed by atoms with E-state index in [1.54, 1.807) is 0 Å². The molecular formula is C17H28N2O5. The number of aliphatic carboxylic acids is 1. The molecule has 1 N–H and O–H groups in total. The summed E-state index contributed by atoms with van der Waals surface area (Å²) in [5, 5.41) is 9.61. The van der Waals surface area contributed by atoms with E-state index in [0.717, 1.165) is 32.5 Å². The summed E-state index contributed by atoms with van der Waals surface area (Å²) >= 11 is 0. The zero-order chi connectivity index (χ0) is 17.0. The van der Waals surface area contributed by atoms with Crippen LogP contribution in [0.4, 0.5) is 0 Å². The molecule has 0 aliphatic carbocycles. The first kappa shape index (κ1) is 17.6. The lowest BCUT2D eigenvalue weighted by Crippen LogP contribution is -2.61. The standard InChI is InChI=1S/C17H28N2O5/c20-15(2-1-14-3-10-23-11-4-14)18-6-8-19(9-7-18)17(16(21)22)5-12-24-13-17/h14H,1-13H2,(H,21,22). The fourth-order valence-electron chi connectivity index (χ4n) is 4.01. The molecule has 0 aromatic carbocycles. The molecule has 3 aliphatic heterocycles. The van der Waals surface area contributed by atoms with Gasteiger partial charge >= 0.3 is 5.97 Å². The molecule has 24 heavy (non-hydrogen) atoms. The Hall–Kier alpha value is -1.18. The molecule has 3 fully saturated rings. The third-order valence-corrected chi connectivity index (χ3v) is 5.74. The summed E-state index contributed by atoms with van der Waals surface area (Å²) in [7, 11) is 0. The Labute approximate surface area is 142 Å². The SMILES string of the molecule is O=C(CCC1CCOCC1)N1CCN(C2(C(=O)O)CCOC2)CC1. The zero-order valence-corrected chi connectivity index (χ0v) is 14.2. The van der Waals surface area contributed by atoms with E-state index in [1.165, 1.54) is 0 Å². The van der Waals surface area contributed by atoms with E-state index in [0.29, 0.717) is 51.5 Å². The molecular weight excluding hydrogens is 312 g/mol. The second kappa shape index (κ2) is 7.80. The van der Waals surface area contributed by atoms with E-state index in [-0.39, 0.29) is 12.5 Å². The Kier molecular flexibility index (Phi) is 5.73. The predicted molar refractivity (Wildman–Crippen MR) is 86.7 cm³/mol. The maximum absolute atomic E-state index is 12.4. The van der Waals surface area contributed by atoms with Gasteiger partial charge in [-0.05, 0) is 25.2 Å². The van der Waals surface area contributed by atoms with Gasteiger partial charge in [0.05, 0.1) is 6.61 Å². The average molecular weight is 340 g/mol. The number of carbonyl (C=O) groups excluding carboxylic acids is 1. The van der Waals surface area contributed by atoms with Crippen LogP contribution in [0.2, 0.25) is 0 Å². The molecule has 0 bridgehead atoms. The van der Waals surface area contributed by atoms with Crippen LogP contribution in [0.3, 0.4) is 0 Å². The van der Waals surface area contributed by atoms with Crippen molar-refractivity contribution in [3.05, 3.63) is 0 Å². The van der Waals surface area contributed by atoms with Crippen LogP contribution in [0.25, 0.3) is 0 Å².